The Morgan fingerprint density at radius 2 is 1.22 bits per heavy atom. The van der Waals surface area contributed by atoms with Gasteiger partial charge in [0.25, 0.3) is 0 Å². The van der Waals surface area contributed by atoms with Gasteiger partial charge in [-0.25, -0.2) is 0 Å². The molecule has 0 aliphatic carbocycles. The van der Waals surface area contributed by atoms with Crippen molar-refractivity contribution in [3.8, 4) is 22.6 Å². The zero-order chi connectivity index (χ0) is 36.2. The van der Waals surface area contributed by atoms with Gasteiger partial charge in [-0.3, -0.25) is 9.59 Å². The number of benzene rings is 4. The number of aliphatic hydroxyl groups excluding tert-OH is 2. The summed E-state index contributed by atoms with van der Waals surface area (Å²) in [6.07, 6.45) is -0.674. The molecule has 4 aromatic rings. The van der Waals surface area contributed by atoms with Crippen LogP contribution in [0.25, 0.3) is 11.1 Å². The number of carboxylic acid groups (broad SMARTS) is 2. The minimum atomic E-state index is -1.05. The monoisotopic (exact) mass is 723 g/mol. The summed E-state index contributed by atoms with van der Waals surface area (Å²) in [5.74, 6) is -0.945. The van der Waals surface area contributed by atoms with Crippen molar-refractivity contribution in [2.75, 3.05) is 6.54 Å². The first kappa shape index (κ1) is 38.7. The van der Waals surface area contributed by atoms with Gasteiger partial charge in [-0.2, -0.15) is 0 Å². The Morgan fingerprint density at radius 3 is 1.74 bits per heavy atom. The van der Waals surface area contributed by atoms with Crippen LogP contribution in [-0.4, -0.2) is 51.1 Å². The van der Waals surface area contributed by atoms with Crippen LogP contribution >= 0.6 is 23.2 Å². The third-order valence-corrected chi connectivity index (χ3v) is 9.06. The Kier molecular flexibility index (Phi) is 14.5. The molecule has 0 bridgehead atoms. The molecule has 0 aliphatic rings. The van der Waals surface area contributed by atoms with Crippen molar-refractivity contribution in [2.24, 2.45) is 0 Å². The van der Waals surface area contributed by atoms with Crippen molar-refractivity contribution in [2.45, 2.75) is 77.9 Å². The van der Waals surface area contributed by atoms with Gasteiger partial charge < -0.3 is 35.2 Å². The summed E-state index contributed by atoms with van der Waals surface area (Å²) >= 11 is 13.1. The van der Waals surface area contributed by atoms with Crippen molar-refractivity contribution >= 4 is 35.1 Å². The number of nitrogens with one attached hydrogen (secondary N) is 1. The minimum absolute atomic E-state index is 0.157. The third kappa shape index (κ3) is 11.5. The molecule has 2 atom stereocenters. The van der Waals surface area contributed by atoms with E-state index in [1.165, 1.54) is 0 Å². The lowest BCUT2D eigenvalue weighted by atomic mass is 9.92. The van der Waals surface area contributed by atoms with E-state index in [1.807, 2.05) is 48.5 Å². The first-order valence-electron chi connectivity index (χ1n) is 16.4. The van der Waals surface area contributed by atoms with Crippen molar-refractivity contribution in [1.82, 2.24) is 5.32 Å². The molecule has 0 aliphatic heterocycles. The Balaban J connectivity index is 1.36. The van der Waals surface area contributed by atoms with Gasteiger partial charge in [0, 0.05) is 13.1 Å². The molecule has 0 fully saturated rings. The number of hydrogen-bond acceptors (Lipinski definition) is 7. The largest absolute Gasteiger partial charge is 0.487 e. The average molecular weight is 725 g/mol. The molecule has 5 N–H and O–H groups in total. The number of aryl methyl sites for hydroxylation is 1. The van der Waals surface area contributed by atoms with Crippen molar-refractivity contribution < 1.29 is 39.5 Å². The van der Waals surface area contributed by atoms with E-state index in [-0.39, 0.29) is 19.4 Å². The summed E-state index contributed by atoms with van der Waals surface area (Å²) in [6.45, 7) is 5.37. The van der Waals surface area contributed by atoms with Crippen LogP contribution in [0.5, 0.6) is 11.5 Å². The summed E-state index contributed by atoms with van der Waals surface area (Å²) in [7, 11) is 0. The second-order valence-corrected chi connectivity index (χ2v) is 13.1. The highest BCUT2D eigenvalue weighted by Crippen LogP contribution is 2.33. The number of hydrogen-bond donors (Lipinski definition) is 5. The van der Waals surface area contributed by atoms with Crippen LogP contribution in [0.3, 0.4) is 0 Å². The number of ether oxygens (including phenoxy) is 2. The van der Waals surface area contributed by atoms with E-state index in [0.29, 0.717) is 60.6 Å². The number of rotatable bonds is 19. The SMILES string of the molecule is Cc1c(COc2ccc(CCC[C@@H](O)CC(=O)O)cc2Cl)cccc1-c1cccc(COc2ccc(CNC[C@@H](O)CC(=O)O)cc2Cl)c1C. The fourth-order valence-electron chi connectivity index (χ4n) is 5.66. The zero-order valence-corrected chi connectivity index (χ0v) is 29.6. The van der Waals surface area contributed by atoms with Gasteiger partial charge in [-0.05, 0) is 102 Å². The Morgan fingerprint density at radius 1 is 0.720 bits per heavy atom. The fraction of sp³-hybridized carbons (Fsp3) is 0.333. The minimum Gasteiger partial charge on any atom is -0.487 e. The summed E-state index contributed by atoms with van der Waals surface area (Å²) in [4.78, 5) is 21.5. The number of carboxylic acids is 2. The number of carbonyl (C=O) groups is 2. The molecule has 9 nitrogen and oxygen atoms in total. The molecule has 0 saturated carbocycles. The molecule has 0 spiro atoms. The van der Waals surface area contributed by atoms with Crippen LogP contribution < -0.4 is 14.8 Å². The van der Waals surface area contributed by atoms with Crippen molar-refractivity contribution in [1.29, 1.82) is 0 Å². The highest BCUT2D eigenvalue weighted by Gasteiger charge is 2.15. The maximum Gasteiger partial charge on any atom is 0.306 e. The van der Waals surface area contributed by atoms with Gasteiger partial charge in [0.05, 0.1) is 35.1 Å². The molecule has 50 heavy (non-hydrogen) atoms. The van der Waals surface area contributed by atoms with Gasteiger partial charge in [-0.15, -0.1) is 0 Å². The van der Waals surface area contributed by atoms with Gasteiger partial charge in [0.1, 0.15) is 24.7 Å². The molecule has 0 unspecified atom stereocenters. The normalized spacial score (nSPS) is 12.4. The molecule has 266 valence electrons. The summed E-state index contributed by atoms with van der Waals surface area (Å²) in [5.41, 5.74) is 8.24. The maximum atomic E-state index is 10.8. The second kappa shape index (κ2) is 18.8. The quantitative estimate of drug-likeness (QED) is 0.0663. The van der Waals surface area contributed by atoms with Crippen LogP contribution in [0.15, 0.2) is 72.8 Å². The molecule has 11 heteroatoms. The molecule has 0 aromatic heterocycles. The predicted molar refractivity (Wildman–Crippen MR) is 194 cm³/mol. The van der Waals surface area contributed by atoms with Gasteiger partial charge in [0.2, 0.25) is 0 Å². The van der Waals surface area contributed by atoms with E-state index in [1.54, 1.807) is 12.1 Å². The third-order valence-electron chi connectivity index (χ3n) is 8.47. The van der Waals surface area contributed by atoms with Gasteiger partial charge in [0.15, 0.2) is 0 Å². The predicted octanol–water partition coefficient (Wildman–Crippen LogP) is 7.52. The van der Waals surface area contributed by atoms with E-state index in [9.17, 15) is 19.8 Å². The lowest BCUT2D eigenvalue weighted by Crippen LogP contribution is -2.28. The standard InChI is InChI=1S/C39H43Cl2NO8/c1-24-28(22-49-36-14-12-26(16-34(36)40)6-3-9-30(43)18-38(45)46)7-4-10-32(24)33-11-5-8-29(25(33)2)23-50-37-15-13-27(17-35(37)41)20-42-21-31(44)19-39(47)48/h4-5,7-8,10-17,30-31,42-44H,3,6,9,18-23H2,1-2H3,(H,45,46)(H,47,48)/t30-,31+/m1/s1. The Hall–Kier alpha value is -4.12. The zero-order valence-electron chi connectivity index (χ0n) is 28.1. The maximum absolute atomic E-state index is 10.8. The molecular weight excluding hydrogens is 681 g/mol. The van der Waals surface area contributed by atoms with E-state index in [4.69, 9.17) is 42.9 Å². The van der Waals surface area contributed by atoms with E-state index < -0.39 is 24.1 Å². The number of halogens is 2. The van der Waals surface area contributed by atoms with Crippen LogP contribution in [0, 0.1) is 13.8 Å². The highest BCUT2D eigenvalue weighted by atomic mass is 35.5. The van der Waals surface area contributed by atoms with Gasteiger partial charge >= 0.3 is 11.9 Å². The number of aliphatic carboxylic acids is 2. The molecular formula is C39H43Cl2NO8. The van der Waals surface area contributed by atoms with E-state index >= 15 is 0 Å². The molecule has 0 radical (unpaired) electrons. The first-order valence-corrected chi connectivity index (χ1v) is 17.2. The fourth-order valence-corrected chi connectivity index (χ4v) is 6.18. The molecule has 4 rings (SSSR count). The second-order valence-electron chi connectivity index (χ2n) is 12.3. The van der Waals surface area contributed by atoms with Crippen LogP contribution in [-0.2, 0) is 35.8 Å². The van der Waals surface area contributed by atoms with Crippen LogP contribution in [0.1, 0.15) is 59.1 Å². The van der Waals surface area contributed by atoms with Crippen molar-refractivity contribution in [3.05, 3.63) is 116 Å². The van der Waals surface area contributed by atoms with Crippen LogP contribution in [0.4, 0.5) is 0 Å². The smallest absolute Gasteiger partial charge is 0.306 e. The molecule has 4 aromatic carbocycles. The average Bonchev–Trinajstić information content (AvgIpc) is 3.04. The lowest BCUT2D eigenvalue weighted by molar-refractivity contribution is -0.140. The molecule has 0 heterocycles. The highest BCUT2D eigenvalue weighted by molar-refractivity contribution is 6.32. The van der Waals surface area contributed by atoms with E-state index in [0.717, 1.165) is 44.5 Å². The first-order chi connectivity index (χ1) is 23.9. The van der Waals surface area contributed by atoms with Crippen LogP contribution in [0.2, 0.25) is 10.0 Å². The molecule has 0 saturated heterocycles. The Labute approximate surface area is 302 Å². The van der Waals surface area contributed by atoms with Gasteiger partial charge in [-0.1, -0.05) is 71.7 Å². The summed E-state index contributed by atoms with van der Waals surface area (Å²) < 4.78 is 12.3. The number of aliphatic hydroxyl groups is 2. The summed E-state index contributed by atoms with van der Waals surface area (Å²) in [5, 5.41) is 41.1. The van der Waals surface area contributed by atoms with Crippen molar-refractivity contribution in [3.63, 3.8) is 0 Å². The topological polar surface area (TPSA) is 146 Å². The van der Waals surface area contributed by atoms with E-state index in [2.05, 4.69) is 31.3 Å². The lowest BCUT2D eigenvalue weighted by Gasteiger charge is -2.17. The summed E-state index contributed by atoms with van der Waals surface area (Å²) in [6, 6.07) is 23.3. The Bertz CT molecular complexity index is 1650. The molecule has 0 amide bonds.